The molecule has 1 fully saturated rings. The van der Waals surface area contributed by atoms with Gasteiger partial charge in [-0.2, -0.15) is 17.5 Å². The number of imidazole rings is 1. The summed E-state index contributed by atoms with van der Waals surface area (Å²) in [6, 6.07) is 7.29. The lowest BCUT2D eigenvalue weighted by Crippen LogP contribution is -2.32. The molecule has 1 aliphatic heterocycles. The molecule has 3 heterocycles. The van der Waals surface area contributed by atoms with E-state index in [2.05, 4.69) is 15.3 Å². The van der Waals surface area contributed by atoms with Crippen molar-refractivity contribution >= 4 is 15.7 Å². The van der Waals surface area contributed by atoms with Gasteiger partial charge >= 0.3 is 6.18 Å². The van der Waals surface area contributed by atoms with E-state index in [4.69, 9.17) is 0 Å². The summed E-state index contributed by atoms with van der Waals surface area (Å²) in [7, 11) is -2.29. The molecule has 1 N–H and O–H groups in total. The molecular weight excluding hydrogens is 450 g/mol. The minimum Gasteiger partial charge on any atom is -0.380 e. The molecule has 0 aliphatic carbocycles. The fourth-order valence-electron chi connectivity index (χ4n) is 3.70. The maximum Gasteiger partial charge on any atom is 0.433 e. The molecule has 2 atom stereocenters. The third kappa shape index (κ3) is 4.46. The zero-order valence-corrected chi connectivity index (χ0v) is 17.6. The Morgan fingerprint density at radius 2 is 1.81 bits per heavy atom. The van der Waals surface area contributed by atoms with E-state index >= 15 is 0 Å². The molecule has 1 aromatic carbocycles. The van der Waals surface area contributed by atoms with Gasteiger partial charge < -0.3 is 9.88 Å². The Balaban J connectivity index is 1.66. The smallest absolute Gasteiger partial charge is 0.380 e. The maximum absolute atomic E-state index is 13.4. The van der Waals surface area contributed by atoms with Crippen molar-refractivity contribution in [2.75, 3.05) is 18.4 Å². The summed E-state index contributed by atoms with van der Waals surface area (Å²) in [6.45, 7) is 0.0457. The van der Waals surface area contributed by atoms with Gasteiger partial charge in [-0.3, -0.25) is 4.98 Å². The number of hydrogen-bond acceptors (Lipinski definition) is 5. The highest BCUT2D eigenvalue weighted by molar-refractivity contribution is 7.89. The lowest BCUT2D eigenvalue weighted by molar-refractivity contribution is -0.141. The zero-order valence-electron chi connectivity index (χ0n) is 16.8. The van der Waals surface area contributed by atoms with Crippen LogP contribution in [0.3, 0.4) is 0 Å². The first-order valence-corrected chi connectivity index (χ1v) is 11.0. The van der Waals surface area contributed by atoms with Gasteiger partial charge in [0.2, 0.25) is 0 Å². The van der Waals surface area contributed by atoms with Crippen molar-refractivity contribution in [1.82, 2.24) is 18.8 Å². The highest BCUT2D eigenvalue weighted by Gasteiger charge is 2.41. The summed E-state index contributed by atoms with van der Waals surface area (Å²) in [6.07, 6.45) is -0.833. The maximum atomic E-state index is 13.4. The van der Waals surface area contributed by atoms with Crippen molar-refractivity contribution in [3.63, 3.8) is 0 Å². The monoisotopic (exact) mass is 469 g/mol. The molecule has 170 valence electrons. The number of aryl methyl sites for hydroxylation is 1. The number of nitrogens with zero attached hydrogens (tertiary/aromatic N) is 4. The fourth-order valence-corrected chi connectivity index (χ4v) is 5.16. The number of aromatic nitrogens is 3. The molecule has 0 saturated carbocycles. The molecule has 3 aromatic rings. The van der Waals surface area contributed by atoms with E-state index in [-0.39, 0.29) is 23.8 Å². The Labute approximate surface area is 181 Å². The van der Waals surface area contributed by atoms with Gasteiger partial charge in [-0.05, 0) is 29.8 Å². The molecule has 1 aliphatic rings. The highest BCUT2D eigenvalue weighted by Crippen LogP contribution is 2.34. The molecule has 7 nitrogen and oxygen atoms in total. The third-order valence-electron chi connectivity index (χ3n) is 5.27. The van der Waals surface area contributed by atoms with Gasteiger partial charge in [0, 0.05) is 50.2 Å². The van der Waals surface area contributed by atoms with Crippen LogP contribution in [0.5, 0.6) is 0 Å². The van der Waals surface area contributed by atoms with Gasteiger partial charge in [0.15, 0.2) is 5.03 Å². The molecule has 32 heavy (non-hydrogen) atoms. The molecule has 0 spiro atoms. The summed E-state index contributed by atoms with van der Waals surface area (Å²) in [5, 5.41) is 2.89. The van der Waals surface area contributed by atoms with E-state index < -0.39 is 39.7 Å². The molecule has 0 bridgehead atoms. The van der Waals surface area contributed by atoms with Crippen molar-refractivity contribution in [3.05, 3.63) is 72.2 Å². The summed E-state index contributed by atoms with van der Waals surface area (Å²) in [5.41, 5.74) is -0.244. The first-order chi connectivity index (χ1) is 15.0. The first-order valence-electron chi connectivity index (χ1n) is 9.57. The number of alkyl halides is 3. The molecular formula is C20H19F4N5O2S. The zero-order chi connectivity index (χ0) is 23.1. The van der Waals surface area contributed by atoms with E-state index in [0.29, 0.717) is 5.56 Å². The van der Waals surface area contributed by atoms with Crippen LogP contribution in [0, 0.1) is 5.82 Å². The van der Waals surface area contributed by atoms with Crippen LogP contribution in [-0.4, -0.2) is 46.4 Å². The molecule has 2 aromatic heterocycles. The second-order valence-electron chi connectivity index (χ2n) is 7.54. The second-order valence-corrected chi connectivity index (χ2v) is 9.42. The molecule has 12 heteroatoms. The molecule has 0 amide bonds. The normalized spacial score (nSPS) is 19.9. The Bertz CT molecular complexity index is 1210. The summed E-state index contributed by atoms with van der Waals surface area (Å²) in [5.74, 6) is -0.880. The first kappa shape index (κ1) is 22.2. The molecule has 2 unspecified atom stereocenters. The van der Waals surface area contributed by atoms with Crippen molar-refractivity contribution in [1.29, 1.82) is 0 Å². The van der Waals surface area contributed by atoms with Gasteiger partial charge in [-0.25, -0.2) is 17.8 Å². The van der Waals surface area contributed by atoms with Crippen molar-refractivity contribution in [2.24, 2.45) is 7.05 Å². The Morgan fingerprint density at radius 3 is 2.44 bits per heavy atom. The largest absolute Gasteiger partial charge is 0.433 e. The standard InChI is InChI=1S/C20H19F4N5O2S/c1-28-11-19(26-12-28)32(30,31)29-9-16(13-2-4-14(21)5-3-13)17(10-29)27-15-6-7-25-18(8-15)20(22,23)24/h2-8,11-12,16-17H,9-10H2,1H3,(H,25,27). The minimum atomic E-state index is -4.61. The van der Waals surface area contributed by atoms with E-state index in [1.54, 1.807) is 19.2 Å². The van der Waals surface area contributed by atoms with Gasteiger partial charge in [0.05, 0.1) is 6.33 Å². The molecule has 1 saturated heterocycles. The lowest BCUT2D eigenvalue weighted by Gasteiger charge is -2.21. The quantitative estimate of drug-likeness (QED) is 0.581. The van der Waals surface area contributed by atoms with E-state index in [1.165, 1.54) is 39.6 Å². The number of benzene rings is 1. The van der Waals surface area contributed by atoms with Crippen molar-refractivity contribution < 1.29 is 26.0 Å². The predicted molar refractivity (Wildman–Crippen MR) is 108 cm³/mol. The summed E-state index contributed by atoms with van der Waals surface area (Å²) >= 11 is 0. The van der Waals surface area contributed by atoms with Gasteiger partial charge in [0.1, 0.15) is 11.5 Å². The van der Waals surface area contributed by atoms with E-state index in [1.807, 2.05) is 0 Å². The number of sulfonamides is 1. The Hall–Kier alpha value is -2.99. The number of nitrogens with one attached hydrogen (secondary N) is 1. The van der Waals surface area contributed by atoms with E-state index in [0.717, 1.165) is 12.3 Å². The topological polar surface area (TPSA) is 80.1 Å². The molecule has 4 rings (SSSR count). The van der Waals surface area contributed by atoms with Crippen molar-refractivity contribution in [2.45, 2.75) is 23.2 Å². The van der Waals surface area contributed by atoms with Gasteiger partial charge in [-0.1, -0.05) is 12.1 Å². The fraction of sp³-hybridized carbons (Fsp3) is 0.300. The lowest BCUT2D eigenvalue weighted by atomic mass is 9.94. The van der Waals surface area contributed by atoms with Crippen LogP contribution in [0.1, 0.15) is 17.2 Å². The Morgan fingerprint density at radius 1 is 1.09 bits per heavy atom. The van der Waals surface area contributed by atoms with Crippen LogP contribution in [0.2, 0.25) is 0 Å². The summed E-state index contributed by atoms with van der Waals surface area (Å²) in [4.78, 5) is 7.26. The van der Waals surface area contributed by atoms with Gasteiger partial charge in [-0.15, -0.1) is 0 Å². The SMILES string of the molecule is Cn1cnc(S(=O)(=O)N2CC(Nc3ccnc(C(F)(F)F)c3)C(c3ccc(F)cc3)C2)c1. The minimum absolute atomic E-state index is 0.00930. The second kappa shape index (κ2) is 8.17. The average Bonchev–Trinajstić information content (AvgIpc) is 3.36. The number of pyridine rings is 1. The van der Waals surface area contributed by atoms with Crippen LogP contribution in [0.25, 0.3) is 0 Å². The average molecular weight is 469 g/mol. The number of anilines is 1. The number of rotatable bonds is 5. The van der Waals surface area contributed by atoms with Gasteiger partial charge in [0.25, 0.3) is 10.0 Å². The number of halogens is 4. The van der Waals surface area contributed by atoms with Crippen LogP contribution >= 0.6 is 0 Å². The van der Waals surface area contributed by atoms with Crippen LogP contribution < -0.4 is 5.32 Å². The van der Waals surface area contributed by atoms with Crippen LogP contribution in [-0.2, 0) is 23.2 Å². The Kier molecular flexibility index (Phi) is 5.67. The van der Waals surface area contributed by atoms with E-state index in [9.17, 15) is 26.0 Å². The predicted octanol–water partition coefficient (Wildman–Crippen LogP) is 3.24. The summed E-state index contributed by atoms with van der Waals surface area (Å²) < 4.78 is 81.4. The third-order valence-corrected chi connectivity index (χ3v) is 6.99. The highest BCUT2D eigenvalue weighted by atomic mass is 32.2. The van der Waals surface area contributed by atoms with Crippen LogP contribution in [0.4, 0.5) is 23.2 Å². The van der Waals surface area contributed by atoms with Crippen LogP contribution in [0.15, 0.2) is 60.1 Å². The number of hydrogen-bond donors (Lipinski definition) is 1. The molecule has 0 radical (unpaired) electrons. The van der Waals surface area contributed by atoms with Crippen molar-refractivity contribution in [3.8, 4) is 0 Å².